The third-order valence-electron chi connectivity index (χ3n) is 2.63. The molecule has 0 aliphatic carbocycles. The van der Waals surface area contributed by atoms with Crippen LogP contribution in [0.4, 0.5) is 5.69 Å². The van der Waals surface area contributed by atoms with Crippen molar-refractivity contribution in [2.75, 3.05) is 18.5 Å². The lowest BCUT2D eigenvalue weighted by molar-refractivity contribution is 0.215. The Morgan fingerprint density at radius 2 is 2.27 bits per heavy atom. The predicted molar refractivity (Wildman–Crippen MR) is 64.5 cm³/mol. The third-order valence-corrected chi connectivity index (χ3v) is 2.63. The Morgan fingerprint density at radius 1 is 1.47 bits per heavy atom. The SMILES string of the molecule is C/C=C/c1cccc2c1OC(C)CN2C. The van der Waals surface area contributed by atoms with E-state index < -0.39 is 0 Å². The highest BCUT2D eigenvalue weighted by Gasteiger charge is 2.21. The monoisotopic (exact) mass is 203 g/mol. The maximum absolute atomic E-state index is 5.89. The Balaban J connectivity index is 2.49. The van der Waals surface area contributed by atoms with Gasteiger partial charge in [0.05, 0.1) is 12.2 Å². The van der Waals surface area contributed by atoms with Crippen molar-refractivity contribution in [1.29, 1.82) is 0 Å². The van der Waals surface area contributed by atoms with E-state index in [4.69, 9.17) is 4.74 Å². The van der Waals surface area contributed by atoms with Crippen LogP contribution in [0, 0.1) is 0 Å². The molecule has 1 aromatic rings. The summed E-state index contributed by atoms with van der Waals surface area (Å²) in [5.74, 6) is 1.01. The maximum Gasteiger partial charge on any atom is 0.150 e. The Kier molecular flexibility index (Phi) is 2.67. The zero-order chi connectivity index (χ0) is 10.8. The topological polar surface area (TPSA) is 12.5 Å². The molecule has 80 valence electrons. The van der Waals surface area contributed by atoms with Crippen molar-refractivity contribution >= 4 is 11.8 Å². The second-order valence-corrected chi connectivity index (χ2v) is 4.00. The molecule has 1 atom stereocenters. The van der Waals surface area contributed by atoms with Crippen LogP contribution in [0.5, 0.6) is 5.75 Å². The van der Waals surface area contributed by atoms with Crippen molar-refractivity contribution < 1.29 is 4.74 Å². The number of fused-ring (bicyclic) bond motifs is 1. The van der Waals surface area contributed by atoms with Gasteiger partial charge in [-0.3, -0.25) is 0 Å². The van der Waals surface area contributed by atoms with Crippen molar-refractivity contribution in [2.45, 2.75) is 20.0 Å². The molecule has 0 saturated heterocycles. The van der Waals surface area contributed by atoms with Gasteiger partial charge in [-0.2, -0.15) is 0 Å². The molecule has 0 fully saturated rings. The number of rotatable bonds is 1. The maximum atomic E-state index is 5.89. The molecular formula is C13H17NO. The van der Waals surface area contributed by atoms with E-state index in [0.717, 1.165) is 17.9 Å². The lowest BCUT2D eigenvalue weighted by atomic mass is 10.1. The lowest BCUT2D eigenvalue weighted by Gasteiger charge is -2.33. The quantitative estimate of drug-likeness (QED) is 0.695. The van der Waals surface area contributed by atoms with Crippen LogP contribution in [-0.2, 0) is 0 Å². The molecule has 2 nitrogen and oxygen atoms in total. The summed E-state index contributed by atoms with van der Waals surface area (Å²) in [4.78, 5) is 2.25. The van der Waals surface area contributed by atoms with Crippen LogP contribution in [-0.4, -0.2) is 19.7 Å². The Hall–Kier alpha value is -1.44. The summed E-state index contributed by atoms with van der Waals surface area (Å²) < 4.78 is 5.89. The number of hydrogen-bond donors (Lipinski definition) is 0. The minimum atomic E-state index is 0.258. The Labute approximate surface area is 91.2 Å². The van der Waals surface area contributed by atoms with Crippen molar-refractivity contribution in [3.8, 4) is 5.75 Å². The molecule has 0 aromatic heterocycles. The van der Waals surface area contributed by atoms with Gasteiger partial charge in [-0.05, 0) is 19.9 Å². The third kappa shape index (κ3) is 1.84. The molecule has 2 rings (SSSR count). The van der Waals surface area contributed by atoms with Gasteiger partial charge in [-0.25, -0.2) is 0 Å². The fourth-order valence-electron chi connectivity index (χ4n) is 2.00. The zero-order valence-corrected chi connectivity index (χ0v) is 9.53. The standard InChI is InChI=1S/C13H17NO/c1-4-6-11-7-5-8-12-13(11)15-10(2)9-14(12)3/h4-8,10H,9H2,1-3H3/b6-4+. The minimum absolute atomic E-state index is 0.258. The van der Waals surface area contributed by atoms with Gasteiger partial charge in [0.1, 0.15) is 11.9 Å². The minimum Gasteiger partial charge on any atom is -0.486 e. The summed E-state index contributed by atoms with van der Waals surface area (Å²) in [7, 11) is 2.11. The molecule has 1 aliphatic rings. The summed E-state index contributed by atoms with van der Waals surface area (Å²) >= 11 is 0. The number of benzene rings is 1. The van der Waals surface area contributed by atoms with E-state index in [1.54, 1.807) is 0 Å². The van der Waals surface area contributed by atoms with Gasteiger partial charge < -0.3 is 9.64 Å². The molecule has 15 heavy (non-hydrogen) atoms. The van der Waals surface area contributed by atoms with Gasteiger partial charge in [-0.1, -0.05) is 24.3 Å². The average Bonchev–Trinajstić information content (AvgIpc) is 2.19. The molecule has 1 unspecified atom stereocenters. The van der Waals surface area contributed by atoms with E-state index in [1.807, 2.05) is 13.0 Å². The first-order valence-electron chi connectivity index (χ1n) is 5.36. The van der Waals surface area contributed by atoms with Crippen LogP contribution in [0.2, 0.25) is 0 Å². The van der Waals surface area contributed by atoms with Gasteiger partial charge in [-0.15, -0.1) is 0 Å². The molecule has 2 heteroatoms. The largest absolute Gasteiger partial charge is 0.486 e. The highest BCUT2D eigenvalue weighted by Crippen LogP contribution is 2.36. The number of nitrogens with zero attached hydrogens (tertiary/aromatic N) is 1. The van der Waals surface area contributed by atoms with Crippen LogP contribution in [0.3, 0.4) is 0 Å². The zero-order valence-electron chi connectivity index (χ0n) is 9.53. The van der Waals surface area contributed by atoms with E-state index in [2.05, 4.69) is 43.1 Å². The van der Waals surface area contributed by atoms with E-state index in [0.29, 0.717) is 0 Å². The van der Waals surface area contributed by atoms with Crippen LogP contribution in [0.25, 0.3) is 6.08 Å². The number of hydrogen-bond acceptors (Lipinski definition) is 2. The van der Waals surface area contributed by atoms with Crippen LogP contribution in [0.15, 0.2) is 24.3 Å². The number of para-hydroxylation sites is 1. The molecular weight excluding hydrogens is 186 g/mol. The summed E-state index contributed by atoms with van der Waals surface area (Å²) in [6.07, 6.45) is 4.39. The Morgan fingerprint density at radius 3 is 3.00 bits per heavy atom. The first kappa shape index (κ1) is 10.1. The van der Waals surface area contributed by atoms with Crippen molar-refractivity contribution in [3.63, 3.8) is 0 Å². The molecule has 1 aromatic carbocycles. The molecule has 0 radical (unpaired) electrons. The smallest absolute Gasteiger partial charge is 0.150 e. The van der Waals surface area contributed by atoms with Crippen LogP contribution < -0.4 is 9.64 Å². The second-order valence-electron chi connectivity index (χ2n) is 4.00. The van der Waals surface area contributed by atoms with E-state index in [9.17, 15) is 0 Å². The van der Waals surface area contributed by atoms with E-state index in [-0.39, 0.29) is 6.10 Å². The summed E-state index contributed by atoms with van der Waals surface area (Å²) in [6.45, 7) is 5.08. The number of anilines is 1. The van der Waals surface area contributed by atoms with Gasteiger partial charge in [0.25, 0.3) is 0 Å². The van der Waals surface area contributed by atoms with Crippen molar-refractivity contribution in [2.24, 2.45) is 0 Å². The van der Waals surface area contributed by atoms with Crippen LogP contribution >= 0.6 is 0 Å². The fraction of sp³-hybridized carbons (Fsp3) is 0.385. The molecule has 0 spiro atoms. The van der Waals surface area contributed by atoms with Gasteiger partial charge in [0.15, 0.2) is 0 Å². The summed E-state index contributed by atoms with van der Waals surface area (Å²) in [5.41, 5.74) is 2.34. The Bertz CT molecular complexity index is 384. The van der Waals surface area contributed by atoms with Gasteiger partial charge in [0, 0.05) is 12.6 Å². The molecule has 0 saturated carbocycles. The lowest BCUT2D eigenvalue weighted by Crippen LogP contribution is -2.35. The predicted octanol–water partition coefficient (Wildman–Crippen LogP) is 2.94. The molecule has 0 amide bonds. The van der Waals surface area contributed by atoms with Crippen molar-refractivity contribution in [1.82, 2.24) is 0 Å². The highest BCUT2D eigenvalue weighted by atomic mass is 16.5. The highest BCUT2D eigenvalue weighted by molar-refractivity contribution is 5.70. The first-order valence-corrected chi connectivity index (χ1v) is 5.36. The van der Waals surface area contributed by atoms with Gasteiger partial charge in [0.2, 0.25) is 0 Å². The molecule has 1 aliphatic heterocycles. The summed E-state index contributed by atoms with van der Waals surface area (Å²) in [5, 5.41) is 0. The van der Waals surface area contributed by atoms with E-state index >= 15 is 0 Å². The number of ether oxygens (including phenoxy) is 1. The normalized spacial score (nSPS) is 20.2. The van der Waals surface area contributed by atoms with Crippen LogP contribution in [0.1, 0.15) is 19.4 Å². The first-order chi connectivity index (χ1) is 7.22. The number of allylic oxidation sites excluding steroid dienone is 1. The second kappa shape index (κ2) is 3.97. The molecule has 0 N–H and O–H groups in total. The summed E-state index contributed by atoms with van der Waals surface area (Å²) in [6, 6.07) is 6.27. The van der Waals surface area contributed by atoms with Crippen molar-refractivity contribution in [3.05, 3.63) is 29.8 Å². The molecule has 0 bridgehead atoms. The van der Waals surface area contributed by atoms with E-state index in [1.165, 1.54) is 5.69 Å². The fourth-order valence-corrected chi connectivity index (χ4v) is 2.00. The average molecular weight is 203 g/mol. The number of likely N-dealkylation sites (N-methyl/N-ethyl adjacent to an activating group) is 1. The van der Waals surface area contributed by atoms with Gasteiger partial charge >= 0.3 is 0 Å². The molecule has 1 heterocycles.